The van der Waals surface area contributed by atoms with Crippen molar-refractivity contribution in [2.24, 2.45) is 0 Å². The Bertz CT molecular complexity index is 570. The van der Waals surface area contributed by atoms with E-state index in [1.165, 1.54) is 33.8 Å². The van der Waals surface area contributed by atoms with Crippen LogP contribution in [0, 0.1) is 27.7 Å². The zero-order chi connectivity index (χ0) is 14.7. The molecule has 0 spiro atoms. The number of hydrogen-bond acceptors (Lipinski definition) is 5. The summed E-state index contributed by atoms with van der Waals surface area (Å²) in [5, 5.41) is 3.43. The molecule has 1 aromatic heterocycles. The second kappa shape index (κ2) is 6.70. The van der Waals surface area contributed by atoms with Crippen LogP contribution in [0.15, 0.2) is 16.5 Å². The van der Waals surface area contributed by atoms with Crippen LogP contribution in [0.1, 0.15) is 34.1 Å². The maximum Gasteiger partial charge on any atom is 0.170 e. The Labute approximate surface area is 129 Å². The first kappa shape index (κ1) is 15.5. The van der Waals surface area contributed by atoms with Gasteiger partial charge in [-0.15, -0.1) is 0 Å². The molecule has 0 aliphatic rings. The number of rotatable bonds is 5. The molecule has 0 saturated heterocycles. The molecule has 2 aromatic rings. The summed E-state index contributed by atoms with van der Waals surface area (Å²) in [6.07, 6.45) is 0. The van der Waals surface area contributed by atoms with Crippen molar-refractivity contribution in [2.45, 2.75) is 38.1 Å². The van der Waals surface area contributed by atoms with Gasteiger partial charge in [0.05, 0.1) is 0 Å². The predicted molar refractivity (Wildman–Crippen MR) is 87.8 cm³/mol. The van der Waals surface area contributed by atoms with Crippen molar-refractivity contribution in [3.05, 3.63) is 40.2 Å². The van der Waals surface area contributed by atoms with Gasteiger partial charge in [0.25, 0.3) is 0 Å². The molecular formula is C15H21N3S2. The summed E-state index contributed by atoms with van der Waals surface area (Å²) >= 11 is 3.25. The Hall–Kier alpha value is -0.910. The second-order valence-electron chi connectivity index (χ2n) is 5.07. The first-order valence-corrected chi connectivity index (χ1v) is 8.45. The van der Waals surface area contributed by atoms with Gasteiger partial charge in [-0.05, 0) is 63.0 Å². The molecule has 0 aliphatic heterocycles. The second-order valence-corrected chi connectivity index (χ2v) is 7.09. The summed E-state index contributed by atoms with van der Waals surface area (Å²) in [6.45, 7) is 8.47. The van der Waals surface area contributed by atoms with Gasteiger partial charge in [-0.2, -0.15) is 4.37 Å². The molecule has 0 bridgehead atoms. The largest absolute Gasteiger partial charge is 0.312 e. The average molecular weight is 307 g/mol. The normalized spacial score (nSPS) is 12.7. The summed E-state index contributed by atoms with van der Waals surface area (Å²) in [6, 6.07) is 4.85. The lowest BCUT2D eigenvalue weighted by molar-refractivity contribution is 0.653. The molecule has 1 heterocycles. The van der Waals surface area contributed by atoms with E-state index in [9.17, 15) is 0 Å². The van der Waals surface area contributed by atoms with Crippen LogP contribution in [0.2, 0.25) is 0 Å². The van der Waals surface area contributed by atoms with E-state index in [2.05, 4.69) is 47.6 Å². The zero-order valence-electron chi connectivity index (χ0n) is 12.7. The lowest BCUT2D eigenvalue weighted by atomic mass is 9.95. The van der Waals surface area contributed by atoms with Crippen molar-refractivity contribution in [2.75, 3.05) is 12.8 Å². The molecule has 0 amide bonds. The molecule has 1 unspecified atom stereocenters. The quantitative estimate of drug-likeness (QED) is 0.852. The summed E-state index contributed by atoms with van der Waals surface area (Å²) in [4.78, 5) is 4.41. The van der Waals surface area contributed by atoms with E-state index in [-0.39, 0.29) is 0 Å². The summed E-state index contributed by atoms with van der Waals surface area (Å²) < 4.78 is 5.28. The van der Waals surface area contributed by atoms with Gasteiger partial charge < -0.3 is 5.32 Å². The van der Waals surface area contributed by atoms with Crippen LogP contribution in [0.25, 0.3) is 0 Å². The molecule has 20 heavy (non-hydrogen) atoms. The van der Waals surface area contributed by atoms with E-state index in [0.717, 1.165) is 15.9 Å². The average Bonchev–Trinajstić information content (AvgIpc) is 2.78. The van der Waals surface area contributed by atoms with Crippen LogP contribution in [0.5, 0.6) is 0 Å². The topological polar surface area (TPSA) is 37.8 Å². The number of thioether (sulfide) groups is 1. The Morgan fingerprint density at radius 3 is 2.35 bits per heavy atom. The third-order valence-corrected chi connectivity index (χ3v) is 5.34. The van der Waals surface area contributed by atoms with Gasteiger partial charge >= 0.3 is 0 Å². The molecule has 5 heteroatoms. The standard InChI is InChI=1S/C15H21N3S2/c1-9-6-10(2)14(11(3)7-9)13(16-5)8-19-15-17-12(4)18-20-15/h6-7,13,16H,8H2,1-5H3. The van der Waals surface area contributed by atoms with Crippen LogP contribution < -0.4 is 5.32 Å². The van der Waals surface area contributed by atoms with Gasteiger partial charge in [0.15, 0.2) is 4.34 Å². The Kier molecular flexibility index (Phi) is 5.18. The molecule has 1 N–H and O–H groups in total. The fourth-order valence-electron chi connectivity index (χ4n) is 2.54. The van der Waals surface area contributed by atoms with Gasteiger partial charge in [-0.1, -0.05) is 29.5 Å². The van der Waals surface area contributed by atoms with E-state index < -0.39 is 0 Å². The van der Waals surface area contributed by atoms with E-state index in [4.69, 9.17) is 0 Å². The molecule has 1 atom stereocenters. The third-order valence-electron chi connectivity index (χ3n) is 3.32. The lowest BCUT2D eigenvalue weighted by Crippen LogP contribution is -2.21. The van der Waals surface area contributed by atoms with Gasteiger partial charge in [0.1, 0.15) is 5.82 Å². The van der Waals surface area contributed by atoms with Crippen molar-refractivity contribution >= 4 is 23.3 Å². The van der Waals surface area contributed by atoms with Crippen LogP contribution in [-0.4, -0.2) is 22.2 Å². The minimum Gasteiger partial charge on any atom is -0.312 e. The monoisotopic (exact) mass is 307 g/mol. The number of benzene rings is 1. The molecule has 3 nitrogen and oxygen atoms in total. The Morgan fingerprint density at radius 2 is 1.85 bits per heavy atom. The van der Waals surface area contributed by atoms with E-state index in [0.29, 0.717) is 6.04 Å². The molecule has 0 saturated carbocycles. The van der Waals surface area contributed by atoms with Gasteiger partial charge in [0, 0.05) is 11.8 Å². The molecule has 2 rings (SSSR count). The first-order valence-electron chi connectivity index (χ1n) is 6.69. The van der Waals surface area contributed by atoms with Gasteiger partial charge in [0.2, 0.25) is 0 Å². The number of hydrogen-bond donors (Lipinski definition) is 1. The molecule has 0 fully saturated rings. The highest BCUT2D eigenvalue weighted by molar-refractivity contribution is 8.00. The van der Waals surface area contributed by atoms with Crippen molar-refractivity contribution in [1.29, 1.82) is 0 Å². The molecule has 0 radical (unpaired) electrons. The molecular weight excluding hydrogens is 286 g/mol. The van der Waals surface area contributed by atoms with Gasteiger partial charge in [-0.25, -0.2) is 4.98 Å². The SMILES string of the molecule is CNC(CSc1nc(C)ns1)c1c(C)cc(C)cc1C. The fraction of sp³-hybridized carbons (Fsp3) is 0.467. The molecule has 108 valence electrons. The van der Waals surface area contributed by atoms with E-state index >= 15 is 0 Å². The fourth-order valence-corrected chi connectivity index (χ4v) is 4.33. The zero-order valence-corrected chi connectivity index (χ0v) is 14.3. The van der Waals surface area contributed by atoms with Crippen LogP contribution in [0.3, 0.4) is 0 Å². The highest BCUT2D eigenvalue weighted by Crippen LogP contribution is 2.29. The van der Waals surface area contributed by atoms with Crippen molar-refractivity contribution in [1.82, 2.24) is 14.7 Å². The highest BCUT2D eigenvalue weighted by atomic mass is 32.2. The number of nitrogens with one attached hydrogen (secondary N) is 1. The Balaban J connectivity index is 2.16. The highest BCUT2D eigenvalue weighted by Gasteiger charge is 2.16. The smallest absolute Gasteiger partial charge is 0.170 e. The molecule has 1 aromatic carbocycles. The van der Waals surface area contributed by atoms with Crippen LogP contribution >= 0.6 is 23.3 Å². The minimum atomic E-state index is 0.338. The molecule has 0 aliphatic carbocycles. The number of nitrogens with zero attached hydrogens (tertiary/aromatic N) is 2. The minimum absolute atomic E-state index is 0.338. The first-order chi connectivity index (χ1) is 9.51. The van der Waals surface area contributed by atoms with Crippen LogP contribution in [-0.2, 0) is 0 Å². The van der Waals surface area contributed by atoms with Crippen LogP contribution in [0.4, 0.5) is 0 Å². The van der Waals surface area contributed by atoms with E-state index in [1.807, 2.05) is 14.0 Å². The summed E-state index contributed by atoms with van der Waals surface area (Å²) in [7, 11) is 2.02. The van der Waals surface area contributed by atoms with Crippen molar-refractivity contribution in [3.8, 4) is 0 Å². The maximum absolute atomic E-state index is 4.41. The van der Waals surface area contributed by atoms with Gasteiger partial charge in [-0.3, -0.25) is 0 Å². The lowest BCUT2D eigenvalue weighted by Gasteiger charge is -2.21. The number of aromatic nitrogens is 2. The number of aryl methyl sites for hydroxylation is 4. The summed E-state index contributed by atoms with van der Waals surface area (Å²) in [5.74, 6) is 1.83. The predicted octanol–water partition coefficient (Wildman–Crippen LogP) is 3.82. The third kappa shape index (κ3) is 3.59. The van der Waals surface area contributed by atoms with Crippen molar-refractivity contribution in [3.63, 3.8) is 0 Å². The summed E-state index contributed by atoms with van der Waals surface area (Å²) in [5.41, 5.74) is 5.45. The van der Waals surface area contributed by atoms with Crippen molar-refractivity contribution < 1.29 is 0 Å². The maximum atomic E-state index is 4.41. The Morgan fingerprint density at radius 1 is 1.20 bits per heavy atom. The van der Waals surface area contributed by atoms with E-state index in [1.54, 1.807) is 11.8 Å².